The second kappa shape index (κ2) is 6.80. The van der Waals surface area contributed by atoms with E-state index in [-0.39, 0.29) is 17.4 Å². The lowest BCUT2D eigenvalue weighted by molar-refractivity contribution is -0.384. The first-order valence-electron chi connectivity index (χ1n) is 8.32. The van der Waals surface area contributed by atoms with Crippen molar-refractivity contribution in [3.63, 3.8) is 0 Å². The molecule has 1 aliphatic rings. The number of benzene rings is 3. The summed E-state index contributed by atoms with van der Waals surface area (Å²) in [6.07, 6.45) is 0.527. The highest BCUT2D eigenvalue weighted by atomic mass is 35.5. The number of nitrogens with zero attached hydrogens (tertiary/aromatic N) is 1. The number of carbonyl (C=O) groups excluding carboxylic acids is 1. The number of fused-ring (bicyclic) bond motifs is 2. The minimum atomic E-state index is -0.429. The first-order valence-corrected chi connectivity index (χ1v) is 9.08. The van der Waals surface area contributed by atoms with Gasteiger partial charge in [-0.25, -0.2) is 0 Å². The highest BCUT2D eigenvalue weighted by Gasteiger charge is 2.34. The van der Waals surface area contributed by atoms with Crippen LogP contribution in [-0.2, 0) is 6.42 Å². The van der Waals surface area contributed by atoms with Gasteiger partial charge in [-0.1, -0.05) is 59.6 Å². The van der Waals surface area contributed by atoms with Crippen LogP contribution in [-0.4, -0.2) is 10.7 Å². The van der Waals surface area contributed by atoms with Crippen LogP contribution < -0.4 is 0 Å². The molecule has 6 heteroatoms. The van der Waals surface area contributed by atoms with Gasteiger partial charge in [-0.2, -0.15) is 0 Å². The predicted molar refractivity (Wildman–Crippen MR) is 105 cm³/mol. The summed E-state index contributed by atoms with van der Waals surface area (Å²) in [6, 6.07) is 17.0. The summed E-state index contributed by atoms with van der Waals surface area (Å²) in [6.45, 7) is 0. The summed E-state index contributed by atoms with van der Waals surface area (Å²) in [5, 5.41) is 11.9. The van der Waals surface area contributed by atoms with Crippen molar-refractivity contribution < 1.29 is 9.72 Å². The Hall–Kier alpha value is -2.69. The van der Waals surface area contributed by atoms with Crippen molar-refractivity contribution in [3.05, 3.63) is 109 Å². The first-order chi connectivity index (χ1) is 13.0. The standard InChI is InChI=1S/C21H13Cl2NO3/c22-17-5-1-3-14-19(17)16(11-12-7-9-13(10-8-12)24(26)27)20-15(21(14)25)4-2-6-18(20)23/h1-10,16H,11H2. The molecule has 0 unspecified atom stereocenters. The molecule has 0 amide bonds. The van der Waals surface area contributed by atoms with Gasteiger partial charge >= 0.3 is 0 Å². The Labute approximate surface area is 165 Å². The molecule has 0 radical (unpaired) electrons. The van der Waals surface area contributed by atoms with Gasteiger partial charge < -0.3 is 0 Å². The molecule has 3 aromatic rings. The van der Waals surface area contributed by atoms with Crippen LogP contribution in [0.1, 0.15) is 38.5 Å². The van der Waals surface area contributed by atoms with E-state index in [0.29, 0.717) is 27.6 Å². The molecular weight excluding hydrogens is 385 g/mol. The topological polar surface area (TPSA) is 60.2 Å². The molecule has 0 N–H and O–H groups in total. The third-order valence-corrected chi connectivity index (χ3v) is 5.54. The number of hydrogen-bond donors (Lipinski definition) is 0. The van der Waals surface area contributed by atoms with Crippen LogP contribution in [0.4, 0.5) is 5.69 Å². The zero-order valence-electron chi connectivity index (χ0n) is 14.0. The molecule has 4 nitrogen and oxygen atoms in total. The molecule has 0 aromatic heterocycles. The molecule has 0 spiro atoms. The van der Waals surface area contributed by atoms with E-state index in [1.807, 2.05) is 0 Å². The number of hydrogen-bond acceptors (Lipinski definition) is 3. The largest absolute Gasteiger partial charge is 0.289 e. The van der Waals surface area contributed by atoms with Crippen LogP contribution in [0, 0.1) is 10.1 Å². The Morgan fingerprint density at radius 2 is 1.37 bits per heavy atom. The Balaban J connectivity index is 1.86. The van der Waals surface area contributed by atoms with Gasteiger partial charge in [-0.05, 0) is 35.2 Å². The Kier molecular flexibility index (Phi) is 4.46. The van der Waals surface area contributed by atoms with Crippen molar-refractivity contribution in [2.75, 3.05) is 0 Å². The van der Waals surface area contributed by atoms with E-state index in [1.54, 1.807) is 48.5 Å². The fourth-order valence-electron chi connectivity index (χ4n) is 3.66. The number of nitro groups is 1. The molecular formula is C21H13Cl2NO3. The van der Waals surface area contributed by atoms with Crippen molar-refractivity contribution in [3.8, 4) is 0 Å². The first kappa shape index (κ1) is 17.7. The van der Waals surface area contributed by atoms with E-state index in [9.17, 15) is 14.9 Å². The summed E-state index contributed by atoms with van der Waals surface area (Å²) in [4.78, 5) is 23.4. The van der Waals surface area contributed by atoms with Crippen molar-refractivity contribution in [1.29, 1.82) is 0 Å². The van der Waals surface area contributed by atoms with E-state index in [2.05, 4.69) is 0 Å². The molecule has 1 aliphatic carbocycles. The normalized spacial score (nSPS) is 13.2. The average Bonchev–Trinajstić information content (AvgIpc) is 2.65. The Bertz CT molecular complexity index is 1020. The fraction of sp³-hybridized carbons (Fsp3) is 0.0952. The maximum Gasteiger partial charge on any atom is 0.269 e. The molecule has 0 saturated heterocycles. The second-order valence-corrected chi connectivity index (χ2v) is 7.23. The van der Waals surface area contributed by atoms with Crippen LogP contribution in [0.3, 0.4) is 0 Å². The predicted octanol–water partition coefficient (Wildman–Crippen LogP) is 5.82. The lowest BCUT2D eigenvalue weighted by atomic mass is 9.75. The zero-order chi connectivity index (χ0) is 19.1. The van der Waals surface area contributed by atoms with Crippen LogP contribution in [0.25, 0.3) is 0 Å². The van der Waals surface area contributed by atoms with Gasteiger partial charge in [0.05, 0.1) is 4.92 Å². The lowest BCUT2D eigenvalue weighted by Gasteiger charge is -2.29. The van der Waals surface area contributed by atoms with Crippen molar-refractivity contribution in [2.45, 2.75) is 12.3 Å². The summed E-state index contributed by atoms with van der Waals surface area (Å²) in [5.74, 6) is -0.304. The lowest BCUT2D eigenvalue weighted by Crippen LogP contribution is -2.22. The number of non-ortho nitro benzene ring substituents is 1. The van der Waals surface area contributed by atoms with Gasteiger partial charge in [-0.3, -0.25) is 14.9 Å². The van der Waals surface area contributed by atoms with Gasteiger partial charge in [0, 0.05) is 39.2 Å². The molecule has 0 fully saturated rings. The second-order valence-electron chi connectivity index (χ2n) is 6.41. The third-order valence-electron chi connectivity index (χ3n) is 4.88. The monoisotopic (exact) mass is 397 g/mol. The van der Waals surface area contributed by atoms with E-state index in [0.717, 1.165) is 16.7 Å². The van der Waals surface area contributed by atoms with E-state index >= 15 is 0 Å². The third kappa shape index (κ3) is 3.01. The SMILES string of the molecule is O=C1c2cccc(Cl)c2C(Cc2ccc([N+](=O)[O-])cc2)c2c(Cl)cccc21. The van der Waals surface area contributed by atoms with Crippen LogP contribution in [0.15, 0.2) is 60.7 Å². The molecule has 0 bridgehead atoms. The summed E-state index contributed by atoms with van der Waals surface area (Å²) in [5.41, 5.74) is 3.59. The van der Waals surface area contributed by atoms with E-state index in [4.69, 9.17) is 23.2 Å². The molecule has 0 saturated carbocycles. The molecule has 0 heterocycles. The number of ketones is 1. The van der Waals surface area contributed by atoms with Crippen molar-refractivity contribution in [1.82, 2.24) is 0 Å². The molecule has 4 rings (SSSR count). The number of nitro benzene ring substituents is 1. The van der Waals surface area contributed by atoms with Crippen molar-refractivity contribution in [2.24, 2.45) is 0 Å². The minimum absolute atomic E-state index is 0.0365. The smallest absolute Gasteiger partial charge is 0.269 e. The van der Waals surface area contributed by atoms with Crippen molar-refractivity contribution >= 4 is 34.7 Å². The maximum atomic E-state index is 12.9. The summed E-state index contributed by atoms with van der Waals surface area (Å²) < 4.78 is 0. The molecule has 0 atom stereocenters. The van der Waals surface area contributed by atoms with Gasteiger partial charge in [0.25, 0.3) is 5.69 Å². The fourth-order valence-corrected chi connectivity index (χ4v) is 4.27. The molecule has 27 heavy (non-hydrogen) atoms. The average molecular weight is 398 g/mol. The van der Waals surface area contributed by atoms with Gasteiger partial charge in [-0.15, -0.1) is 0 Å². The maximum absolute atomic E-state index is 12.9. The van der Waals surface area contributed by atoms with Crippen LogP contribution >= 0.6 is 23.2 Å². The Morgan fingerprint density at radius 3 is 1.85 bits per heavy atom. The van der Waals surface area contributed by atoms with Crippen LogP contribution in [0.5, 0.6) is 0 Å². The summed E-state index contributed by atoms with van der Waals surface area (Å²) >= 11 is 12.9. The zero-order valence-corrected chi connectivity index (χ0v) is 15.5. The minimum Gasteiger partial charge on any atom is -0.289 e. The van der Waals surface area contributed by atoms with Gasteiger partial charge in [0.2, 0.25) is 0 Å². The molecule has 134 valence electrons. The highest BCUT2D eigenvalue weighted by molar-refractivity contribution is 6.34. The highest BCUT2D eigenvalue weighted by Crippen LogP contribution is 2.44. The van der Waals surface area contributed by atoms with Gasteiger partial charge in [0.15, 0.2) is 5.78 Å². The van der Waals surface area contributed by atoms with E-state index in [1.165, 1.54) is 12.1 Å². The van der Waals surface area contributed by atoms with Crippen LogP contribution in [0.2, 0.25) is 10.0 Å². The number of carbonyl (C=O) groups is 1. The van der Waals surface area contributed by atoms with Gasteiger partial charge in [0.1, 0.15) is 0 Å². The Morgan fingerprint density at radius 1 is 0.852 bits per heavy atom. The molecule has 0 aliphatic heterocycles. The number of rotatable bonds is 3. The number of halogens is 2. The molecule has 3 aromatic carbocycles. The summed E-state index contributed by atoms with van der Waals surface area (Å²) in [7, 11) is 0. The quantitative estimate of drug-likeness (QED) is 0.413. The van der Waals surface area contributed by atoms with E-state index < -0.39 is 4.92 Å².